The molecule has 1 aromatic carbocycles. The number of amides is 1. The first-order valence-electron chi connectivity index (χ1n) is 6.73. The topological polar surface area (TPSA) is 94.3 Å². The highest BCUT2D eigenvalue weighted by Crippen LogP contribution is 2.16. The predicted molar refractivity (Wildman–Crippen MR) is 83.5 cm³/mol. The van der Waals surface area contributed by atoms with Crippen molar-refractivity contribution in [2.24, 2.45) is 5.73 Å². The molecule has 0 aliphatic carbocycles. The van der Waals surface area contributed by atoms with E-state index in [0.717, 1.165) is 5.01 Å². The van der Waals surface area contributed by atoms with Crippen LogP contribution in [0.4, 0.5) is 0 Å². The van der Waals surface area contributed by atoms with E-state index < -0.39 is 17.9 Å². The van der Waals surface area contributed by atoms with Gasteiger partial charge in [-0.05, 0) is 12.1 Å². The van der Waals surface area contributed by atoms with Crippen molar-refractivity contribution in [1.29, 1.82) is 0 Å². The van der Waals surface area contributed by atoms with Gasteiger partial charge in [-0.2, -0.15) is 0 Å². The molecule has 6 nitrogen and oxygen atoms in total. The van der Waals surface area contributed by atoms with Crippen molar-refractivity contribution < 1.29 is 14.3 Å². The maximum Gasteiger partial charge on any atom is 0.333 e. The lowest BCUT2D eigenvalue weighted by Gasteiger charge is -2.16. The molecule has 0 fully saturated rings. The van der Waals surface area contributed by atoms with Crippen LogP contribution in [0.25, 0.3) is 0 Å². The average molecular weight is 319 g/mol. The van der Waals surface area contributed by atoms with Gasteiger partial charge in [0.1, 0.15) is 5.69 Å². The number of nitrogens with one attached hydrogen (secondary N) is 1. The number of hydrogen-bond donors (Lipinski definition) is 2. The number of methoxy groups -OCH3 is 1. The third-order valence-electron chi connectivity index (χ3n) is 2.99. The van der Waals surface area contributed by atoms with Gasteiger partial charge in [0.05, 0.1) is 12.1 Å². The highest BCUT2D eigenvalue weighted by molar-refractivity contribution is 7.09. The zero-order chi connectivity index (χ0) is 15.9. The number of nitrogens with zero attached hydrogens (tertiary/aromatic N) is 1. The summed E-state index contributed by atoms with van der Waals surface area (Å²) in [6.07, 6.45) is 0.622. The second-order valence-corrected chi connectivity index (χ2v) is 5.45. The number of carbonyl (C=O) groups is 2. The molecule has 0 bridgehead atoms. The van der Waals surface area contributed by atoms with Crippen LogP contribution in [-0.4, -0.2) is 30.5 Å². The number of thiazole rings is 1. The zero-order valence-electron chi connectivity index (χ0n) is 12.1. The van der Waals surface area contributed by atoms with E-state index in [1.54, 1.807) is 29.6 Å². The quantitative estimate of drug-likeness (QED) is 0.782. The number of aromatic nitrogens is 1. The summed E-state index contributed by atoms with van der Waals surface area (Å²) in [5.41, 5.74) is 6.39. The summed E-state index contributed by atoms with van der Waals surface area (Å²) in [7, 11) is 1.28. The van der Waals surface area contributed by atoms with E-state index >= 15 is 0 Å². The lowest BCUT2D eigenvalue weighted by Crippen LogP contribution is -2.34. The van der Waals surface area contributed by atoms with Crippen molar-refractivity contribution in [3.8, 4) is 0 Å². The first kappa shape index (κ1) is 16.1. The maximum atomic E-state index is 12.3. The number of nitrogens with two attached hydrogens (primary N) is 1. The molecule has 0 radical (unpaired) electrons. The van der Waals surface area contributed by atoms with Gasteiger partial charge in [-0.25, -0.2) is 9.78 Å². The Morgan fingerprint density at radius 3 is 2.73 bits per heavy atom. The van der Waals surface area contributed by atoms with Crippen molar-refractivity contribution in [2.75, 3.05) is 13.7 Å². The van der Waals surface area contributed by atoms with Crippen LogP contribution in [0.5, 0.6) is 0 Å². The molecule has 2 rings (SSSR count). The van der Waals surface area contributed by atoms with Crippen LogP contribution in [0.15, 0.2) is 35.7 Å². The van der Waals surface area contributed by atoms with E-state index in [-0.39, 0.29) is 5.69 Å². The van der Waals surface area contributed by atoms with Crippen molar-refractivity contribution in [2.45, 2.75) is 12.5 Å². The fourth-order valence-corrected chi connectivity index (χ4v) is 2.69. The highest BCUT2D eigenvalue weighted by atomic mass is 32.1. The number of ether oxygens (including phenoxy) is 1. The van der Waals surface area contributed by atoms with Crippen LogP contribution >= 0.6 is 11.3 Å². The Hall–Kier alpha value is -2.25. The van der Waals surface area contributed by atoms with E-state index in [1.165, 1.54) is 18.4 Å². The molecule has 2 aromatic rings. The third-order valence-corrected chi connectivity index (χ3v) is 3.90. The molecule has 1 aromatic heterocycles. The number of rotatable bonds is 6. The van der Waals surface area contributed by atoms with Crippen LogP contribution in [0, 0.1) is 0 Å². The zero-order valence-corrected chi connectivity index (χ0v) is 12.9. The Bertz CT molecular complexity index is 642. The van der Waals surface area contributed by atoms with Crippen LogP contribution in [-0.2, 0) is 16.0 Å². The molecule has 116 valence electrons. The summed E-state index contributed by atoms with van der Waals surface area (Å²) in [5.74, 6) is -0.948. The highest BCUT2D eigenvalue weighted by Gasteiger charge is 2.24. The minimum absolute atomic E-state index is 0.276. The van der Waals surface area contributed by atoms with Crippen molar-refractivity contribution in [3.05, 3.63) is 52.0 Å². The van der Waals surface area contributed by atoms with E-state index in [1.807, 2.05) is 6.07 Å². The molecule has 1 heterocycles. The normalized spacial score (nSPS) is 11.7. The summed E-state index contributed by atoms with van der Waals surface area (Å²) >= 11 is 1.37. The summed E-state index contributed by atoms with van der Waals surface area (Å²) in [6.45, 7) is 0.476. The van der Waals surface area contributed by atoms with E-state index in [4.69, 9.17) is 10.5 Å². The maximum absolute atomic E-state index is 12.3. The summed E-state index contributed by atoms with van der Waals surface area (Å²) in [6, 6.07) is 8.06. The van der Waals surface area contributed by atoms with Crippen LogP contribution in [0.1, 0.15) is 27.1 Å². The smallest absolute Gasteiger partial charge is 0.333 e. The second-order valence-electron chi connectivity index (χ2n) is 4.51. The average Bonchev–Trinajstić information content (AvgIpc) is 3.01. The molecule has 0 aliphatic heterocycles. The fraction of sp³-hybridized carbons (Fsp3) is 0.267. The molecule has 1 unspecified atom stereocenters. The number of benzene rings is 1. The SMILES string of the molecule is COC(=O)C(NC(=O)c1csc(CCN)n1)c1ccccc1. The van der Waals surface area contributed by atoms with Gasteiger partial charge >= 0.3 is 5.97 Å². The Balaban J connectivity index is 2.16. The molecule has 0 saturated carbocycles. The van der Waals surface area contributed by atoms with E-state index in [2.05, 4.69) is 10.3 Å². The van der Waals surface area contributed by atoms with E-state index in [0.29, 0.717) is 18.5 Å². The van der Waals surface area contributed by atoms with Gasteiger partial charge in [0.2, 0.25) is 0 Å². The van der Waals surface area contributed by atoms with E-state index in [9.17, 15) is 9.59 Å². The minimum Gasteiger partial charge on any atom is -0.467 e. The molecule has 7 heteroatoms. The first-order valence-corrected chi connectivity index (χ1v) is 7.61. The van der Waals surface area contributed by atoms with Crippen LogP contribution in [0.3, 0.4) is 0 Å². The number of hydrogen-bond acceptors (Lipinski definition) is 6. The van der Waals surface area contributed by atoms with Gasteiger partial charge in [0, 0.05) is 11.8 Å². The fourth-order valence-electron chi connectivity index (χ4n) is 1.90. The van der Waals surface area contributed by atoms with Crippen molar-refractivity contribution in [3.63, 3.8) is 0 Å². The summed E-state index contributed by atoms with van der Waals surface area (Å²) in [4.78, 5) is 28.4. The van der Waals surface area contributed by atoms with Crippen LogP contribution in [0.2, 0.25) is 0 Å². The van der Waals surface area contributed by atoms with Gasteiger partial charge in [0.15, 0.2) is 6.04 Å². The largest absolute Gasteiger partial charge is 0.467 e. The number of esters is 1. The minimum atomic E-state index is -0.863. The molecule has 1 atom stereocenters. The lowest BCUT2D eigenvalue weighted by atomic mass is 10.1. The van der Waals surface area contributed by atoms with Gasteiger partial charge in [-0.1, -0.05) is 30.3 Å². The molecule has 0 aliphatic rings. The Morgan fingerprint density at radius 2 is 2.09 bits per heavy atom. The van der Waals surface area contributed by atoms with Crippen molar-refractivity contribution in [1.82, 2.24) is 10.3 Å². The van der Waals surface area contributed by atoms with Gasteiger partial charge < -0.3 is 15.8 Å². The molecule has 1 amide bonds. The molecule has 0 spiro atoms. The Kier molecular flexibility index (Phi) is 5.62. The van der Waals surface area contributed by atoms with Gasteiger partial charge in [-0.15, -0.1) is 11.3 Å². The molecule has 3 N–H and O–H groups in total. The molecule has 22 heavy (non-hydrogen) atoms. The number of carbonyl (C=O) groups excluding carboxylic acids is 2. The second kappa shape index (κ2) is 7.67. The summed E-state index contributed by atoms with van der Waals surface area (Å²) in [5, 5.41) is 5.10. The molecule has 0 saturated heterocycles. The Labute approximate surface area is 132 Å². The lowest BCUT2D eigenvalue weighted by molar-refractivity contribution is -0.143. The molecular weight excluding hydrogens is 302 g/mol. The van der Waals surface area contributed by atoms with Gasteiger partial charge in [-0.3, -0.25) is 4.79 Å². The molecular formula is C15H17N3O3S. The predicted octanol–water partition coefficient (Wildman–Crippen LogP) is 1.29. The Morgan fingerprint density at radius 1 is 1.36 bits per heavy atom. The monoisotopic (exact) mass is 319 g/mol. The first-order chi connectivity index (χ1) is 10.7. The summed E-state index contributed by atoms with van der Waals surface area (Å²) < 4.78 is 4.76. The third kappa shape index (κ3) is 3.90. The standard InChI is InChI=1S/C15H17N3O3S/c1-21-15(20)13(10-5-3-2-4-6-10)18-14(19)11-9-22-12(17-11)7-8-16/h2-6,9,13H,7-8,16H2,1H3,(H,18,19). The van der Waals surface area contributed by atoms with Crippen LogP contribution < -0.4 is 11.1 Å². The van der Waals surface area contributed by atoms with Gasteiger partial charge in [0.25, 0.3) is 5.91 Å². The van der Waals surface area contributed by atoms with Crippen molar-refractivity contribution >= 4 is 23.2 Å².